The van der Waals surface area contributed by atoms with E-state index in [1.54, 1.807) is 7.11 Å². The molecule has 0 saturated heterocycles. The van der Waals surface area contributed by atoms with Crippen LogP contribution in [-0.4, -0.2) is 23.6 Å². The Morgan fingerprint density at radius 2 is 1.95 bits per heavy atom. The number of nitrogens with one attached hydrogen (secondary N) is 1. The normalized spacial score (nSPS) is 10.6. The Bertz CT molecular complexity index is 560. The maximum absolute atomic E-state index is 5.27. The van der Waals surface area contributed by atoms with Crippen LogP contribution in [0.5, 0.6) is 0 Å². The smallest absolute Gasteiger partial charge is 0.162 e. The van der Waals surface area contributed by atoms with Gasteiger partial charge in [0, 0.05) is 31.0 Å². The van der Waals surface area contributed by atoms with E-state index in [1.165, 1.54) is 0 Å². The maximum Gasteiger partial charge on any atom is 0.162 e. The van der Waals surface area contributed by atoms with Crippen molar-refractivity contribution in [3.63, 3.8) is 0 Å². The summed E-state index contributed by atoms with van der Waals surface area (Å²) in [7, 11) is 1.70. The number of hydrogen-bond acceptors (Lipinski definition) is 4. The van der Waals surface area contributed by atoms with Crippen LogP contribution in [0.15, 0.2) is 30.3 Å². The summed E-state index contributed by atoms with van der Waals surface area (Å²) in [5.74, 6) is 1.66. The van der Waals surface area contributed by atoms with Crippen LogP contribution < -0.4 is 5.32 Å². The number of benzene rings is 1. The Balaban J connectivity index is 2.46. The molecule has 1 aromatic carbocycles. The summed E-state index contributed by atoms with van der Waals surface area (Å²) >= 11 is 0. The maximum atomic E-state index is 5.27. The Morgan fingerprint density at radius 3 is 2.67 bits per heavy atom. The lowest BCUT2D eigenvalue weighted by molar-refractivity contribution is 0.185. The number of methoxy groups -OCH3 is 1. The van der Waals surface area contributed by atoms with Gasteiger partial charge < -0.3 is 10.1 Å². The number of nitrogens with zero attached hydrogens (tertiary/aromatic N) is 2. The van der Waals surface area contributed by atoms with Crippen LogP contribution in [0.4, 0.5) is 5.82 Å². The van der Waals surface area contributed by atoms with Gasteiger partial charge in [0.1, 0.15) is 5.82 Å². The molecule has 112 valence electrons. The van der Waals surface area contributed by atoms with Crippen LogP contribution in [0.2, 0.25) is 0 Å². The van der Waals surface area contributed by atoms with E-state index >= 15 is 0 Å². The van der Waals surface area contributed by atoms with E-state index in [9.17, 15) is 0 Å². The van der Waals surface area contributed by atoms with Crippen molar-refractivity contribution < 1.29 is 4.74 Å². The average molecular weight is 285 g/mol. The minimum Gasteiger partial charge on any atom is -0.380 e. The third-order valence-corrected chi connectivity index (χ3v) is 3.20. The second kappa shape index (κ2) is 7.74. The molecule has 2 aromatic rings. The molecule has 1 N–H and O–H groups in total. The van der Waals surface area contributed by atoms with Crippen LogP contribution in [-0.2, 0) is 17.8 Å². The van der Waals surface area contributed by atoms with Gasteiger partial charge in [0.15, 0.2) is 5.82 Å². The second-order valence-corrected chi connectivity index (χ2v) is 4.94. The zero-order valence-corrected chi connectivity index (χ0v) is 13.0. The molecule has 2 rings (SSSR count). The van der Waals surface area contributed by atoms with E-state index in [-0.39, 0.29) is 0 Å². The molecule has 0 bridgehead atoms. The molecule has 4 heteroatoms. The molecule has 0 fully saturated rings. The van der Waals surface area contributed by atoms with Gasteiger partial charge in [-0.1, -0.05) is 37.6 Å². The molecular formula is C17H23N3O. The SMILES string of the molecule is CCCc1cc(NCC)nc(-c2ccccc2COC)n1. The van der Waals surface area contributed by atoms with Gasteiger partial charge in [-0.05, 0) is 18.9 Å². The molecule has 21 heavy (non-hydrogen) atoms. The molecular weight excluding hydrogens is 262 g/mol. The standard InChI is InChI=1S/C17H23N3O/c1-4-8-14-11-16(18-5-2)20-17(19-14)15-10-7-6-9-13(15)12-21-3/h6-7,9-11H,4-5,8,12H2,1-3H3,(H,18,19,20). The first-order chi connectivity index (χ1) is 10.3. The first-order valence-electron chi connectivity index (χ1n) is 7.47. The highest BCUT2D eigenvalue weighted by Gasteiger charge is 2.10. The van der Waals surface area contributed by atoms with Gasteiger partial charge in [0.25, 0.3) is 0 Å². The zero-order chi connectivity index (χ0) is 15.1. The molecule has 0 radical (unpaired) electrons. The number of aromatic nitrogens is 2. The van der Waals surface area contributed by atoms with Crippen LogP contribution in [0.1, 0.15) is 31.5 Å². The number of rotatable bonds is 7. The van der Waals surface area contributed by atoms with Gasteiger partial charge in [-0.15, -0.1) is 0 Å². The van der Waals surface area contributed by atoms with Gasteiger partial charge in [0.2, 0.25) is 0 Å². The lowest BCUT2D eigenvalue weighted by Crippen LogP contribution is -2.05. The van der Waals surface area contributed by atoms with Gasteiger partial charge in [-0.2, -0.15) is 0 Å². The number of hydrogen-bond donors (Lipinski definition) is 1. The van der Waals surface area contributed by atoms with Crippen molar-refractivity contribution in [1.29, 1.82) is 0 Å². The molecule has 0 aliphatic rings. The molecule has 0 aliphatic heterocycles. The van der Waals surface area contributed by atoms with Crippen molar-refractivity contribution in [2.75, 3.05) is 19.0 Å². The average Bonchev–Trinajstić information content (AvgIpc) is 2.49. The predicted molar refractivity (Wildman–Crippen MR) is 86.3 cm³/mol. The zero-order valence-electron chi connectivity index (χ0n) is 13.0. The summed E-state index contributed by atoms with van der Waals surface area (Å²) in [6.45, 7) is 5.64. The lowest BCUT2D eigenvalue weighted by Gasteiger charge is -2.11. The van der Waals surface area contributed by atoms with E-state index in [1.807, 2.05) is 18.2 Å². The van der Waals surface area contributed by atoms with Crippen molar-refractivity contribution in [3.05, 3.63) is 41.6 Å². The van der Waals surface area contributed by atoms with Gasteiger partial charge in [-0.3, -0.25) is 0 Å². The molecule has 0 saturated carbocycles. The Kier molecular flexibility index (Phi) is 5.69. The molecule has 0 atom stereocenters. The van der Waals surface area contributed by atoms with Crippen molar-refractivity contribution in [2.45, 2.75) is 33.3 Å². The monoisotopic (exact) mass is 285 g/mol. The fourth-order valence-corrected chi connectivity index (χ4v) is 2.29. The van der Waals surface area contributed by atoms with Crippen LogP contribution >= 0.6 is 0 Å². The lowest BCUT2D eigenvalue weighted by atomic mass is 10.1. The summed E-state index contributed by atoms with van der Waals surface area (Å²) < 4.78 is 5.27. The van der Waals surface area contributed by atoms with Gasteiger partial charge in [-0.25, -0.2) is 9.97 Å². The van der Waals surface area contributed by atoms with Gasteiger partial charge in [0.05, 0.1) is 6.61 Å². The number of aryl methyl sites for hydroxylation is 1. The molecule has 0 amide bonds. The minimum atomic E-state index is 0.564. The molecule has 0 unspecified atom stereocenters. The molecule has 0 aliphatic carbocycles. The minimum absolute atomic E-state index is 0.564. The van der Waals surface area contributed by atoms with Crippen molar-refractivity contribution >= 4 is 5.82 Å². The van der Waals surface area contributed by atoms with E-state index in [0.717, 1.165) is 47.8 Å². The summed E-state index contributed by atoms with van der Waals surface area (Å²) in [5, 5.41) is 3.29. The van der Waals surface area contributed by atoms with Crippen molar-refractivity contribution in [3.8, 4) is 11.4 Å². The summed E-state index contributed by atoms with van der Waals surface area (Å²) in [6, 6.07) is 10.2. The fourth-order valence-electron chi connectivity index (χ4n) is 2.29. The number of anilines is 1. The van der Waals surface area contributed by atoms with E-state index in [2.05, 4.69) is 36.3 Å². The topological polar surface area (TPSA) is 47.0 Å². The summed E-state index contributed by atoms with van der Waals surface area (Å²) in [5.41, 5.74) is 3.22. The first-order valence-corrected chi connectivity index (χ1v) is 7.47. The predicted octanol–water partition coefficient (Wildman–Crippen LogP) is 3.67. The Morgan fingerprint density at radius 1 is 1.14 bits per heavy atom. The molecule has 1 heterocycles. The highest BCUT2D eigenvalue weighted by Crippen LogP contribution is 2.23. The Hall–Kier alpha value is -1.94. The third-order valence-electron chi connectivity index (χ3n) is 3.20. The highest BCUT2D eigenvalue weighted by molar-refractivity contribution is 5.62. The van der Waals surface area contributed by atoms with Crippen LogP contribution in [0.3, 0.4) is 0 Å². The summed E-state index contributed by atoms with van der Waals surface area (Å²) in [4.78, 5) is 9.35. The van der Waals surface area contributed by atoms with Crippen molar-refractivity contribution in [2.24, 2.45) is 0 Å². The van der Waals surface area contributed by atoms with E-state index in [4.69, 9.17) is 9.72 Å². The largest absolute Gasteiger partial charge is 0.380 e. The van der Waals surface area contributed by atoms with E-state index in [0.29, 0.717) is 6.61 Å². The third kappa shape index (κ3) is 4.02. The second-order valence-electron chi connectivity index (χ2n) is 4.94. The van der Waals surface area contributed by atoms with E-state index < -0.39 is 0 Å². The Labute approximate surface area is 126 Å². The molecule has 0 spiro atoms. The number of ether oxygens (including phenoxy) is 1. The highest BCUT2D eigenvalue weighted by atomic mass is 16.5. The van der Waals surface area contributed by atoms with Gasteiger partial charge >= 0.3 is 0 Å². The van der Waals surface area contributed by atoms with Crippen LogP contribution in [0, 0.1) is 0 Å². The van der Waals surface area contributed by atoms with Crippen LogP contribution in [0.25, 0.3) is 11.4 Å². The fraction of sp³-hybridized carbons (Fsp3) is 0.412. The van der Waals surface area contributed by atoms with Crippen molar-refractivity contribution in [1.82, 2.24) is 9.97 Å². The molecule has 4 nitrogen and oxygen atoms in total. The molecule has 1 aromatic heterocycles. The quantitative estimate of drug-likeness (QED) is 0.843. The first kappa shape index (κ1) is 15.4. The summed E-state index contributed by atoms with van der Waals surface area (Å²) in [6.07, 6.45) is 2.03.